The Morgan fingerprint density at radius 1 is 1.75 bits per heavy atom. The Kier molecular flexibility index (Phi) is 3.16. The van der Waals surface area contributed by atoms with Crippen LogP contribution in [0, 0.1) is 0 Å². The van der Waals surface area contributed by atoms with Gasteiger partial charge in [-0.2, -0.15) is 0 Å². The van der Waals surface area contributed by atoms with Gasteiger partial charge in [0, 0.05) is 25.2 Å². The van der Waals surface area contributed by atoms with E-state index in [9.17, 15) is 5.11 Å². The topological polar surface area (TPSA) is 23.5 Å². The second-order valence-electron chi connectivity index (χ2n) is 3.91. The van der Waals surface area contributed by atoms with Gasteiger partial charge in [-0.05, 0) is 25.8 Å². The minimum absolute atomic E-state index is 0.493. The highest BCUT2D eigenvalue weighted by atomic mass is 35.5. The molecule has 0 aromatic heterocycles. The van der Waals surface area contributed by atoms with E-state index >= 15 is 0 Å². The summed E-state index contributed by atoms with van der Waals surface area (Å²) in [5.41, 5.74) is 2.26. The molecule has 0 radical (unpaired) electrons. The van der Waals surface area contributed by atoms with E-state index < -0.39 is 5.60 Å². The summed E-state index contributed by atoms with van der Waals surface area (Å²) in [5.74, 6) is 0. The molecule has 1 saturated heterocycles. The lowest BCUT2D eigenvalue weighted by molar-refractivity contribution is 0.0700. The minimum atomic E-state index is -0.493. The molecule has 0 aromatic carbocycles. The summed E-state index contributed by atoms with van der Waals surface area (Å²) >= 11 is 5.55. The fourth-order valence-corrected chi connectivity index (χ4v) is 1.63. The molecule has 70 valence electrons. The minimum Gasteiger partial charge on any atom is -0.389 e. The second kappa shape index (κ2) is 3.77. The first-order valence-electron chi connectivity index (χ1n) is 4.24. The van der Waals surface area contributed by atoms with E-state index in [1.165, 1.54) is 0 Å². The highest BCUT2D eigenvalue weighted by Gasteiger charge is 2.30. The van der Waals surface area contributed by atoms with E-state index in [1.807, 2.05) is 13.8 Å². The molecular formula is C9H16ClNO. The van der Waals surface area contributed by atoms with Gasteiger partial charge in [0.05, 0.1) is 5.60 Å². The summed E-state index contributed by atoms with van der Waals surface area (Å²) in [7, 11) is 0. The van der Waals surface area contributed by atoms with Crippen molar-refractivity contribution in [1.82, 2.24) is 4.90 Å². The van der Waals surface area contributed by atoms with E-state index in [1.54, 1.807) is 5.54 Å². The predicted molar refractivity (Wildman–Crippen MR) is 51.3 cm³/mol. The van der Waals surface area contributed by atoms with Gasteiger partial charge in [-0.3, -0.25) is 4.90 Å². The zero-order valence-corrected chi connectivity index (χ0v) is 8.43. The Morgan fingerprint density at radius 3 is 2.83 bits per heavy atom. The summed E-state index contributed by atoms with van der Waals surface area (Å²) in [6.45, 7) is 6.48. The normalized spacial score (nSPS) is 32.8. The molecule has 0 spiro atoms. The number of halogens is 1. The van der Waals surface area contributed by atoms with Crippen LogP contribution in [0.5, 0.6) is 0 Å². The smallest absolute Gasteiger partial charge is 0.0758 e. The molecule has 12 heavy (non-hydrogen) atoms. The van der Waals surface area contributed by atoms with E-state index in [0.717, 1.165) is 31.6 Å². The SMILES string of the molecule is CC(=CCl)CN1CCC(C)(O)C1. The number of hydrogen-bond donors (Lipinski definition) is 1. The van der Waals surface area contributed by atoms with Crippen molar-refractivity contribution in [3.8, 4) is 0 Å². The zero-order chi connectivity index (χ0) is 9.19. The highest BCUT2D eigenvalue weighted by molar-refractivity contribution is 6.25. The predicted octanol–water partition coefficient (Wildman–Crippen LogP) is 1.59. The van der Waals surface area contributed by atoms with Gasteiger partial charge in [0.15, 0.2) is 0 Å². The van der Waals surface area contributed by atoms with E-state index in [4.69, 9.17) is 11.6 Å². The molecule has 1 atom stereocenters. The Balaban J connectivity index is 2.38. The van der Waals surface area contributed by atoms with Gasteiger partial charge in [0.2, 0.25) is 0 Å². The first-order valence-corrected chi connectivity index (χ1v) is 4.68. The van der Waals surface area contributed by atoms with Crippen LogP contribution in [0.1, 0.15) is 20.3 Å². The number of likely N-dealkylation sites (tertiary alicyclic amines) is 1. The summed E-state index contributed by atoms with van der Waals surface area (Å²) < 4.78 is 0. The van der Waals surface area contributed by atoms with Gasteiger partial charge < -0.3 is 5.11 Å². The number of aliphatic hydroxyl groups is 1. The molecule has 1 N–H and O–H groups in total. The first-order chi connectivity index (χ1) is 5.53. The average Bonchev–Trinajstić information content (AvgIpc) is 2.30. The van der Waals surface area contributed by atoms with Crippen molar-refractivity contribution < 1.29 is 5.11 Å². The van der Waals surface area contributed by atoms with Crippen molar-refractivity contribution in [2.24, 2.45) is 0 Å². The molecule has 2 nitrogen and oxygen atoms in total. The molecule has 1 rings (SSSR count). The number of nitrogens with zero attached hydrogens (tertiary/aromatic N) is 1. The third-order valence-corrected chi connectivity index (χ3v) is 2.56. The second-order valence-corrected chi connectivity index (χ2v) is 4.13. The van der Waals surface area contributed by atoms with Crippen LogP contribution in [-0.2, 0) is 0 Å². The van der Waals surface area contributed by atoms with Crippen molar-refractivity contribution in [1.29, 1.82) is 0 Å². The van der Waals surface area contributed by atoms with Gasteiger partial charge >= 0.3 is 0 Å². The first kappa shape index (κ1) is 10.0. The molecule has 3 heteroatoms. The van der Waals surface area contributed by atoms with Crippen LogP contribution < -0.4 is 0 Å². The maximum atomic E-state index is 9.66. The monoisotopic (exact) mass is 189 g/mol. The van der Waals surface area contributed by atoms with Crippen molar-refractivity contribution in [3.63, 3.8) is 0 Å². The van der Waals surface area contributed by atoms with Gasteiger partial charge in [-0.25, -0.2) is 0 Å². The van der Waals surface area contributed by atoms with Crippen molar-refractivity contribution in [2.75, 3.05) is 19.6 Å². The molecule has 0 bridgehead atoms. The third-order valence-electron chi connectivity index (χ3n) is 2.19. The number of β-amino-alcohol motifs (C(OH)–C–C–N with tert-alkyl or cyclic N) is 1. The molecule has 1 unspecified atom stereocenters. The van der Waals surface area contributed by atoms with Crippen LogP contribution in [-0.4, -0.2) is 35.2 Å². The summed E-state index contributed by atoms with van der Waals surface area (Å²) in [6.07, 6.45) is 0.864. The molecular weight excluding hydrogens is 174 g/mol. The van der Waals surface area contributed by atoms with Crippen LogP contribution in [0.25, 0.3) is 0 Å². The molecule has 1 aliphatic rings. The lowest BCUT2D eigenvalue weighted by Gasteiger charge is -2.18. The Hall–Kier alpha value is -0.0500. The van der Waals surface area contributed by atoms with Crippen LogP contribution in [0.2, 0.25) is 0 Å². The summed E-state index contributed by atoms with van der Waals surface area (Å²) in [6, 6.07) is 0. The third kappa shape index (κ3) is 2.77. The molecule has 0 aliphatic carbocycles. The van der Waals surface area contributed by atoms with Crippen molar-refractivity contribution in [3.05, 3.63) is 11.1 Å². The van der Waals surface area contributed by atoms with Crippen LogP contribution in [0.15, 0.2) is 11.1 Å². The van der Waals surface area contributed by atoms with Crippen LogP contribution in [0.4, 0.5) is 0 Å². The Bertz CT molecular complexity index is 189. The summed E-state index contributed by atoms with van der Waals surface area (Å²) in [5, 5.41) is 9.66. The van der Waals surface area contributed by atoms with Gasteiger partial charge in [-0.1, -0.05) is 11.6 Å². The molecule has 1 aliphatic heterocycles. The molecule has 0 saturated carbocycles. The lowest BCUT2D eigenvalue weighted by Crippen LogP contribution is -2.30. The van der Waals surface area contributed by atoms with Gasteiger partial charge in [0.25, 0.3) is 0 Å². The lowest BCUT2D eigenvalue weighted by atomic mass is 10.1. The fourth-order valence-electron chi connectivity index (χ4n) is 1.56. The standard InChI is InChI=1S/C9H16ClNO/c1-8(5-10)6-11-4-3-9(2,12)7-11/h5,12H,3-4,6-7H2,1-2H3. The highest BCUT2D eigenvalue weighted by Crippen LogP contribution is 2.20. The van der Waals surface area contributed by atoms with Crippen LogP contribution in [0.3, 0.4) is 0 Å². The van der Waals surface area contributed by atoms with Gasteiger partial charge in [0.1, 0.15) is 0 Å². The summed E-state index contributed by atoms with van der Waals surface area (Å²) in [4.78, 5) is 2.22. The zero-order valence-electron chi connectivity index (χ0n) is 7.68. The Morgan fingerprint density at radius 2 is 2.42 bits per heavy atom. The van der Waals surface area contributed by atoms with Crippen molar-refractivity contribution >= 4 is 11.6 Å². The maximum absolute atomic E-state index is 9.66. The van der Waals surface area contributed by atoms with Crippen LogP contribution >= 0.6 is 11.6 Å². The van der Waals surface area contributed by atoms with E-state index in [2.05, 4.69) is 4.90 Å². The Labute approximate surface area is 78.8 Å². The van der Waals surface area contributed by atoms with E-state index in [-0.39, 0.29) is 0 Å². The molecule has 0 amide bonds. The number of hydrogen-bond acceptors (Lipinski definition) is 2. The van der Waals surface area contributed by atoms with E-state index in [0.29, 0.717) is 0 Å². The molecule has 0 aromatic rings. The van der Waals surface area contributed by atoms with Crippen molar-refractivity contribution in [2.45, 2.75) is 25.9 Å². The quantitative estimate of drug-likeness (QED) is 0.713. The molecule has 1 fully saturated rings. The molecule has 1 heterocycles. The maximum Gasteiger partial charge on any atom is 0.0758 e. The van der Waals surface area contributed by atoms with Gasteiger partial charge in [-0.15, -0.1) is 0 Å². The number of rotatable bonds is 2. The average molecular weight is 190 g/mol. The largest absolute Gasteiger partial charge is 0.389 e. The fraction of sp³-hybridized carbons (Fsp3) is 0.778.